The maximum absolute atomic E-state index is 12.2. The molecule has 0 bridgehead atoms. The molecule has 3 rings (SSSR count). The summed E-state index contributed by atoms with van der Waals surface area (Å²) in [4.78, 5) is 14.4. The molecule has 0 spiro atoms. The second-order valence-electron chi connectivity index (χ2n) is 4.58. The predicted molar refractivity (Wildman–Crippen MR) is 80.9 cm³/mol. The molecule has 0 aliphatic carbocycles. The standard InChI is InChI=1S/C14H13N5OS/c1-9-7-13(10(2)21-9)14(20)16-11-3-5-12(6-4-11)19-8-15-17-18-19/h3-8H,1-2H3,(H,16,20). The van der Waals surface area contributed by atoms with E-state index in [1.165, 1.54) is 6.33 Å². The maximum Gasteiger partial charge on any atom is 0.256 e. The summed E-state index contributed by atoms with van der Waals surface area (Å²) >= 11 is 1.62. The first kappa shape index (κ1) is 13.4. The molecule has 0 saturated carbocycles. The third-order valence-corrected chi connectivity index (χ3v) is 3.99. The van der Waals surface area contributed by atoms with Crippen LogP contribution in [0.5, 0.6) is 0 Å². The van der Waals surface area contributed by atoms with Crippen molar-refractivity contribution in [3.05, 3.63) is 52.0 Å². The van der Waals surface area contributed by atoms with Crippen LogP contribution < -0.4 is 5.32 Å². The molecule has 1 N–H and O–H groups in total. The van der Waals surface area contributed by atoms with Crippen molar-refractivity contribution in [3.63, 3.8) is 0 Å². The Kier molecular flexibility index (Phi) is 3.49. The molecule has 7 heteroatoms. The topological polar surface area (TPSA) is 72.7 Å². The van der Waals surface area contributed by atoms with Crippen molar-refractivity contribution >= 4 is 22.9 Å². The number of hydrogen-bond acceptors (Lipinski definition) is 5. The van der Waals surface area contributed by atoms with Crippen LogP contribution >= 0.6 is 11.3 Å². The highest BCUT2D eigenvalue weighted by Gasteiger charge is 2.12. The van der Waals surface area contributed by atoms with Gasteiger partial charge in [0.1, 0.15) is 6.33 Å². The van der Waals surface area contributed by atoms with Gasteiger partial charge in [0.05, 0.1) is 11.3 Å². The maximum atomic E-state index is 12.2. The van der Waals surface area contributed by atoms with E-state index in [0.717, 1.165) is 26.7 Å². The molecule has 106 valence electrons. The molecular formula is C14H13N5OS. The molecular weight excluding hydrogens is 286 g/mol. The molecule has 0 saturated heterocycles. The van der Waals surface area contributed by atoms with E-state index < -0.39 is 0 Å². The van der Waals surface area contributed by atoms with Gasteiger partial charge >= 0.3 is 0 Å². The van der Waals surface area contributed by atoms with E-state index in [2.05, 4.69) is 20.8 Å². The van der Waals surface area contributed by atoms with Crippen LogP contribution in [0.1, 0.15) is 20.1 Å². The lowest BCUT2D eigenvalue weighted by Crippen LogP contribution is -2.12. The number of aryl methyl sites for hydroxylation is 2. The van der Waals surface area contributed by atoms with Gasteiger partial charge in [-0.3, -0.25) is 4.79 Å². The van der Waals surface area contributed by atoms with Crippen LogP contribution in [0.4, 0.5) is 5.69 Å². The van der Waals surface area contributed by atoms with Crippen molar-refractivity contribution in [2.75, 3.05) is 5.32 Å². The van der Waals surface area contributed by atoms with Crippen LogP contribution in [0.15, 0.2) is 36.7 Å². The monoisotopic (exact) mass is 299 g/mol. The first-order chi connectivity index (χ1) is 10.1. The average molecular weight is 299 g/mol. The van der Waals surface area contributed by atoms with Gasteiger partial charge in [0.25, 0.3) is 5.91 Å². The Hall–Kier alpha value is -2.54. The lowest BCUT2D eigenvalue weighted by molar-refractivity contribution is 0.102. The van der Waals surface area contributed by atoms with Crippen molar-refractivity contribution in [2.45, 2.75) is 13.8 Å². The second kappa shape index (κ2) is 5.45. The van der Waals surface area contributed by atoms with Crippen LogP contribution in [-0.4, -0.2) is 26.1 Å². The van der Waals surface area contributed by atoms with Crippen LogP contribution in [0.2, 0.25) is 0 Å². The molecule has 3 aromatic rings. The van der Waals surface area contributed by atoms with Crippen LogP contribution in [0.25, 0.3) is 5.69 Å². The molecule has 0 aliphatic heterocycles. The SMILES string of the molecule is Cc1cc(C(=O)Nc2ccc(-n3cnnn3)cc2)c(C)s1. The minimum Gasteiger partial charge on any atom is -0.322 e. The second-order valence-corrected chi connectivity index (χ2v) is 6.04. The van der Waals surface area contributed by atoms with E-state index in [9.17, 15) is 4.79 Å². The fourth-order valence-electron chi connectivity index (χ4n) is 2.03. The third kappa shape index (κ3) is 2.82. The number of nitrogens with one attached hydrogen (secondary N) is 1. The van der Waals surface area contributed by atoms with Crippen LogP contribution in [0, 0.1) is 13.8 Å². The minimum atomic E-state index is -0.0907. The van der Waals surface area contributed by atoms with Gasteiger partial charge < -0.3 is 5.32 Å². The third-order valence-electron chi connectivity index (χ3n) is 3.02. The molecule has 1 amide bonds. The van der Waals surface area contributed by atoms with Crippen LogP contribution in [-0.2, 0) is 0 Å². The molecule has 2 aromatic heterocycles. The van der Waals surface area contributed by atoms with E-state index in [-0.39, 0.29) is 5.91 Å². The molecule has 0 aliphatic rings. The van der Waals surface area contributed by atoms with E-state index in [1.807, 2.05) is 44.2 Å². The summed E-state index contributed by atoms with van der Waals surface area (Å²) in [5, 5.41) is 13.9. The summed E-state index contributed by atoms with van der Waals surface area (Å²) in [6.07, 6.45) is 1.52. The molecule has 1 aromatic carbocycles. The van der Waals surface area contributed by atoms with Crippen molar-refractivity contribution in [3.8, 4) is 5.69 Å². The smallest absolute Gasteiger partial charge is 0.256 e. The molecule has 2 heterocycles. The van der Waals surface area contributed by atoms with Crippen molar-refractivity contribution in [2.24, 2.45) is 0 Å². The number of tetrazole rings is 1. The lowest BCUT2D eigenvalue weighted by atomic mass is 10.2. The molecule has 0 atom stereocenters. The Balaban J connectivity index is 1.76. The van der Waals surface area contributed by atoms with Crippen molar-refractivity contribution in [1.29, 1.82) is 0 Å². The Morgan fingerprint density at radius 3 is 2.57 bits per heavy atom. The highest BCUT2D eigenvalue weighted by molar-refractivity contribution is 7.12. The number of rotatable bonds is 3. The van der Waals surface area contributed by atoms with Gasteiger partial charge in [-0.1, -0.05) is 0 Å². The molecule has 0 unspecified atom stereocenters. The van der Waals surface area contributed by atoms with Crippen molar-refractivity contribution in [1.82, 2.24) is 20.2 Å². The minimum absolute atomic E-state index is 0.0907. The Morgan fingerprint density at radius 1 is 1.24 bits per heavy atom. The van der Waals surface area contributed by atoms with E-state index >= 15 is 0 Å². The number of thiophene rings is 1. The number of aromatic nitrogens is 4. The average Bonchev–Trinajstić information content (AvgIpc) is 3.09. The number of anilines is 1. The Morgan fingerprint density at radius 2 is 2.00 bits per heavy atom. The highest BCUT2D eigenvalue weighted by Crippen LogP contribution is 2.22. The molecule has 6 nitrogen and oxygen atoms in total. The zero-order valence-electron chi connectivity index (χ0n) is 11.6. The summed E-state index contributed by atoms with van der Waals surface area (Å²) < 4.78 is 1.55. The number of carbonyl (C=O) groups excluding carboxylic acids is 1. The molecule has 0 fully saturated rings. The summed E-state index contributed by atoms with van der Waals surface area (Å²) in [5.41, 5.74) is 2.29. The van der Waals surface area contributed by atoms with Gasteiger partial charge in [0.2, 0.25) is 0 Å². The Bertz CT molecular complexity index is 761. The number of nitrogens with zero attached hydrogens (tertiary/aromatic N) is 4. The summed E-state index contributed by atoms with van der Waals surface area (Å²) in [5.74, 6) is -0.0907. The van der Waals surface area contributed by atoms with E-state index in [0.29, 0.717) is 0 Å². The number of hydrogen-bond donors (Lipinski definition) is 1. The van der Waals surface area contributed by atoms with Crippen molar-refractivity contribution < 1.29 is 4.79 Å². The predicted octanol–water partition coefficient (Wildman–Crippen LogP) is 2.59. The molecule has 0 radical (unpaired) electrons. The Labute approximate surface area is 125 Å². The van der Waals surface area contributed by atoms with E-state index in [1.54, 1.807) is 16.0 Å². The number of amides is 1. The van der Waals surface area contributed by atoms with Gasteiger partial charge in [0.15, 0.2) is 0 Å². The van der Waals surface area contributed by atoms with E-state index in [4.69, 9.17) is 0 Å². The van der Waals surface area contributed by atoms with Gasteiger partial charge in [0, 0.05) is 15.4 Å². The normalized spacial score (nSPS) is 10.6. The fourth-order valence-corrected chi connectivity index (χ4v) is 2.95. The quantitative estimate of drug-likeness (QED) is 0.807. The number of benzene rings is 1. The summed E-state index contributed by atoms with van der Waals surface area (Å²) in [7, 11) is 0. The van der Waals surface area contributed by atoms with Gasteiger partial charge in [-0.15, -0.1) is 16.4 Å². The first-order valence-corrected chi connectivity index (χ1v) is 7.17. The fraction of sp³-hybridized carbons (Fsp3) is 0.143. The highest BCUT2D eigenvalue weighted by atomic mass is 32.1. The largest absolute Gasteiger partial charge is 0.322 e. The number of carbonyl (C=O) groups is 1. The van der Waals surface area contributed by atoms with Gasteiger partial charge in [-0.25, -0.2) is 4.68 Å². The molecule has 21 heavy (non-hydrogen) atoms. The van der Waals surface area contributed by atoms with Crippen LogP contribution in [0.3, 0.4) is 0 Å². The lowest BCUT2D eigenvalue weighted by Gasteiger charge is -2.06. The zero-order chi connectivity index (χ0) is 14.8. The summed E-state index contributed by atoms with van der Waals surface area (Å²) in [6.45, 7) is 3.95. The van der Waals surface area contributed by atoms with Gasteiger partial charge in [-0.05, 0) is 54.6 Å². The first-order valence-electron chi connectivity index (χ1n) is 6.35. The zero-order valence-corrected chi connectivity index (χ0v) is 12.4. The van der Waals surface area contributed by atoms with Gasteiger partial charge in [-0.2, -0.15) is 0 Å². The summed E-state index contributed by atoms with van der Waals surface area (Å²) in [6, 6.07) is 9.24.